The number of hydrogen-bond donors (Lipinski definition) is 1. The van der Waals surface area contributed by atoms with Crippen LogP contribution >= 0.6 is 34.5 Å². The third-order valence-corrected chi connectivity index (χ3v) is 5.93. The first-order valence-corrected chi connectivity index (χ1v) is 9.40. The van der Waals surface area contributed by atoms with Gasteiger partial charge in [0, 0.05) is 21.8 Å². The largest absolute Gasteiger partial charge is 0.320 e. The topological polar surface area (TPSA) is 63.5 Å². The van der Waals surface area contributed by atoms with Gasteiger partial charge in [-0.3, -0.25) is 14.0 Å². The molecule has 0 saturated heterocycles. The Hall–Kier alpha value is -1.89. The minimum Gasteiger partial charge on any atom is -0.320 e. The molecule has 3 aromatic rings. The molecule has 25 heavy (non-hydrogen) atoms. The van der Waals surface area contributed by atoms with Crippen molar-refractivity contribution in [3.05, 3.63) is 60.9 Å². The average Bonchev–Trinajstić information content (AvgIpc) is 2.97. The fourth-order valence-electron chi connectivity index (χ4n) is 3.00. The Morgan fingerprint density at radius 2 is 2.04 bits per heavy atom. The number of aromatic nitrogens is 2. The van der Waals surface area contributed by atoms with Gasteiger partial charge in [-0.25, -0.2) is 4.98 Å². The summed E-state index contributed by atoms with van der Waals surface area (Å²) < 4.78 is 1.58. The lowest BCUT2D eigenvalue weighted by Crippen LogP contribution is -2.27. The van der Waals surface area contributed by atoms with E-state index in [1.165, 1.54) is 28.5 Å². The second-order valence-electron chi connectivity index (χ2n) is 5.85. The molecule has 0 spiro atoms. The normalized spacial score (nSPS) is 13.7. The van der Waals surface area contributed by atoms with Gasteiger partial charge >= 0.3 is 0 Å². The fourth-order valence-corrected chi connectivity index (χ4v) is 4.63. The smallest absolute Gasteiger partial charge is 0.271 e. The molecule has 0 atom stereocenters. The highest BCUT2D eigenvalue weighted by molar-refractivity contribution is 7.17. The van der Waals surface area contributed by atoms with Crippen LogP contribution in [0.15, 0.2) is 29.2 Å². The van der Waals surface area contributed by atoms with E-state index in [0.29, 0.717) is 20.7 Å². The minimum absolute atomic E-state index is 0.00492. The van der Waals surface area contributed by atoms with Crippen molar-refractivity contribution in [2.24, 2.45) is 0 Å². The number of halogens is 2. The van der Waals surface area contributed by atoms with E-state index in [0.717, 1.165) is 31.4 Å². The number of amides is 1. The highest BCUT2D eigenvalue weighted by Gasteiger charge is 2.21. The second-order valence-corrected chi connectivity index (χ2v) is 7.76. The monoisotopic (exact) mass is 393 g/mol. The summed E-state index contributed by atoms with van der Waals surface area (Å²) in [6.45, 7) is 0. The SMILES string of the molecule is O=C(Nc1ccc(Cl)cc1Cl)c1cnc2sc3c(n2c1=O)CCCC3. The van der Waals surface area contributed by atoms with Gasteiger partial charge in [-0.2, -0.15) is 0 Å². The maximum atomic E-state index is 12.8. The summed E-state index contributed by atoms with van der Waals surface area (Å²) in [6, 6.07) is 4.74. The number of fused-ring (bicyclic) bond motifs is 3. The highest BCUT2D eigenvalue weighted by Crippen LogP contribution is 2.28. The number of nitrogens with one attached hydrogen (secondary N) is 1. The zero-order valence-corrected chi connectivity index (χ0v) is 15.3. The van der Waals surface area contributed by atoms with E-state index in [2.05, 4.69) is 10.3 Å². The lowest BCUT2D eigenvalue weighted by Gasteiger charge is -2.11. The summed E-state index contributed by atoms with van der Waals surface area (Å²) in [5.41, 5.74) is 1.04. The number of nitrogens with zero attached hydrogens (tertiary/aromatic N) is 2. The van der Waals surface area contributed by atoms with Crippen LogP contribution in [-0.4, -0.2) is 15.3 Å². The van der Waals surface area contributed by atoms with Gasteiger partial charge in [0.05, 0.1) is 10.7 Å². The molecule has 0 unspecified atom stereocenters. The number of aryl methyl sites for hydroxylation is 2. The van der Waals surface area contributed by atoms with E-state index in [4.69, 9.17) is 23.2 Å². The van der Waals surface area contributed by atoms with Gasteiger partial charge in [-0.1, -0.05) is 23.2 Å². The van der Waals surface area contributed by atoms with Crippen LogP contribution in [0.4, 0.5) is 5.69 Å². The van der Waals surface area contributed by atoms with Gasteiger partial charge in [0.1, 0.15) is 5.56 Å². The summed E-state index contributed by atoms with van der Waals surface area (Å²) >= 11 is 13.5. The number of carbonyl (C=O) groups is 1. The van der Waals surface area contributed by atoms with Gasteiger partial charge < -0.3 is 5.32 Å². The highest BCUT2D eigenvalue weighted by atomic mass is 35.5. The third kappa shape index (κ3) is 2.94. The Morgan fingerprint density at radius 3 is 2.84 bits per heavy atom. The summed E-state index contributed by atoms with van der Waals surface area (Å²) in [6.07, 6.45) is 5.30. The Labute approximate surface area is 157 Å². The number of thiazole rings is 1. The summed E-state index contributed by atoms with van der Waals surface area (Å²) in [5.74, 6) is -0.535. The van der Waals surface area contributed by atoms with Crippen LogP contribution < -0.4 is 10.9 Å². The maximum Gasteiger partial charge on any atom is 0.271 e. The average molecular weight is 394 g/mol. The molecule has 2 aromatic heterocycles. The third-order valence-electron chi connectivity index (χ3n) is 4.23. The number of hydrogen-bond acceptors (Lipinski definition) is 4. The molecule has 1 aliphatic carbocycles. The molecule has 1 aliphatic rings. The Morgan fingerprint density at radius 1 is 1.24 bits per heavy atom. The van der Waals surface area contributed by atoms with E-state index >= 15 is 0 Å². The standard InChI is InChI=1S/C17H13Cl2N3O2S/c18-9-5-6-12(11(19)7-9)21-15(23)10-8-20-17-22(16(10)24)13-3-1-2-4-14(13)25-17/h5-8H,1-4H2,(H,21,23). The molecule has 1 amide bonds. The molecule has 2 heterocycles. The van der Waals surface area contributed by atoms with Crippen LogP contribution in [0.5, 0.6) is 0 Å². The van der Waals surface area contributed by atoms with Crippen molar-refractivity contribution in [3.63, 3.8) is 0 Å². The molecule has 8 heteroatoms. The summed E-state index contributed by atoms with van der Waals surface area (Å²) in [5, 5.41) is 3.43. The Balaban J connectivity index is 1.75. The van der Waals surface area contributed by atoms with Crippen molar-refractivity contribution >= 4 is 51.1 Å². The lowest BCUT2D eigenvalue weighted by atomic mass is 10.0. The van der Waals surface area contributed by atoms with Crippen molar-refractivity contribution in [1.29, 1.82) is 0 Å². The molecule has 0 radical (unpaired) electrons. The van der Waals surface area contributed by atoms with Crippen LogP contribution in [0, 0.1) is 0 Å². The molecule has 0 fully saturated rings. The molecule has 0 bridgehead atoms. The van der Waals surface area contributed by atoms with Crippen LogP contribution in [-0.2, 0) is 12.8 Å². The zero-order valence-electron chi connectivity index (χ0n) is 13.0. The van der Waals surface area contributed by atoms with Crippen molar-refractivity contribution in [3.8, 4) is 0 Å². The van der Waals surface area contributed by atoms with Gasteiger partial charge in [0.25, 0.3) is 11.5 Å². The van der Waals surface area contributed by atoms with Crippen molar-refractivity contribution in [1.82, 2.24) is 9.38 Å². The molecule has 1 aromatic carbocycles. The van der Waals surface area contributed by atoms with Crippen LogP contribution in [0.1, 0.15) is 33.8 Å². The summed E-state index contributed by atoms with van der Waals surface area (Å²) in [4.78, 5) is 31.5. The minimum atomic E-state index is -0.535. The first kappa shape index (κ1) is 16.6. The lowest BCUT2D eigenvalue weighted by molar-refractivity contribution is 0.102. The van der Waals surface area contributed by atoms with Crippen molar-refractivity contribution in [2.45, 2.75) is 25.7 Å². The number of benzene rings is 1. The molecule has 5 nitrogen and oxygen atoms in total. The molecule has 1 N–H and O–H groups in total. The molecular weight excluding hydrogens is 381 g/mol. The number of anilines is 1. The van der Waals surface area contributed by atoms with Gasteiger partial charge in [-0.15, -0.1) is 11.3 Å². The van der Waals surface area contributed by atoms with Crippen LogP contribution in [0.3, 0.4) is 0 Å². The Kier molecular flexibility index (Phi) is 4.27. The Bertz CT molecular complexity index is 1060. The molecule has 0 aliphatic heterocycles. The van der Waals surface area contributed by atoms with E-state index < -0.39 is 5.91 Å². The van der Waals surface area contributed by atoms with Crippen LogP contribution in [0.25, 0.3) is 4.96 Å². The quantitative estimate of drug-likeness (QED) is 0.709. The van der Waals surface area contributed by atoms with Gasteiger partial charge in [0.2, 0.25) is 0 Å². The van der Waals surface area contributed by atoms with Gasteiger partial charge in [-0.05, 0) is 43.9 Å². The summed E-state index contributed by atoms with van der Waals surface area (Å²) in [7, 11) is 0. The van der Waals surface area contributed by atoms with Crippen molar-refractivity contribution < 1.29 is 4.79 Å². The number of rotatable bonds is 2. The first-order valence-electron chi connectivity index (χ1n) is 7.83. The van der Waals surface area contributed by atoms with E-state index in [1.54, 1.807) is 16.5 Å². The predicted octanol–water partition coefficient (Wildman–Crippen LogP) is 4.19. The maximum absolute atomic E-state index is 12.8. The first-order chi connectivity index (χ1) is 12.0. The molecule has 128 valence electrons. The molecule has 0 saturated carbocycles. The van der Waals surface area contributed by atoms with Gasteiger partial charge in [0.15, 0.2) is 4.96 Å². The molecular formula is C17H13Cl2N3O2S. The molecule has 4 rings (SSSR count). The fraction of sp³-hybridized carbons (Fsp3) is 0.235. The van der Waals surface area contributed by atoms with Crippen LogP contribution in [0.2, 0.25) is 10.0 Å². The number of carbonyl (C=O) groups excluding carboxylic acids is 1. The second kappa shape index (κ2) is 6.44. The van der Waals surface area contributed by atoms with E-state index in [-0.39, 0.29) is 11.1 Å². The van der Waals surface area contributed by atoms with E-state index in [1.807, 2.05) is 0 Å². The van der Waals surface area contributed by atoms with E-state index in [9.17, 15) is 9.59 Å². The zero-order chi connectivity index (χ0) is 17.6. The van der Waals surface area contributed by atoms with Crippen molar-refractivity contribution in [2.75, 3.05) is 5.32 Å². The predicted molar refractivity (Wildman–Crippen MR) is 100 cm³/mol.